The summed E-state index contributed by atoms with van der Waals surface area (Å²) >= 11 is 6.42. The molecule has 12 heteroatoms. The van der Waals surface area contributed by atoms with E-state index in [0.29, 0.717) is 54.0 Å². The van der Waals surface area contributed by atoms with Gasteiger partial charge in [-0.1, -0.05) is 11.6 Å². The molecule has 3 amide bonds. The zero-order valence-corrected chi connectivity index (χ0v) is 22.4. The predicted molar refractivity (Wildman–Crippen MR) is 146 cm³/mol. The maximum absolute atomic E-state index is 12.2. The molecule has 0 bridgehead atoms. The summed E-state index contributed by atoms with van der Waals surface area (Å²) in [4.78, 5) is 36.5. The zero-order valence-electron chi connectivity index (χ0n) is 21.7. The Bertz CT molecular complexity index is 1370. The largest absolute Gasteiger partial charge is 0.495 e. The molecule has 1 aliphatic heterocycles. The summed E-state index contributed by atoms with van der Waals surface area (Å²) in [7, 11) is 6.60. The molecule has 0 saturated heterocycles. The third-order valence-electron chi connectivity index (χ3n) is 6.43. The number of carbonyl (C=O) groups excluding carboxylic acids is 2. The fourth-order valence-corrected chi connectivity index (χ4v) is 4.47. The van der Waals surface area contributed by atoms with E-state index in [9.17, 15) is 9.59 Å². The van der Waals surface area contributed by atoms with Crippen LogP contribution >= 0.6 is 11.6 Å². The van der Waals surface area contributed by atoms with Gasteiger partial charge in [0.25, 0.3) is 0 Å². The monoisotopic (exact) mass is 539 g/mol. The van der Waals surface area contributed by atoms with Crippen molar-refractivity contribution in [2.24, 2.45) is 5.73 Å². The molecule has 4 N–H and O–H groups in total. The number of nitrogens with zero attached hydrogens (tertiary/aromatic N) is 4. The minimum Gasteiger partial charge on any atom is -0.495 e. The Hall–Kier alpha value is -4.25. The van der Waals surface area contributed by atoms with Gasteiger partial charge in [0.15, 0.2) is 5.82 Å². The third-order valence-corrected chi connectivity index (χ3v) is 6.71. The standard InChI is InChI=1S/C26H30ClN7O4/c1-29-26(36)34-9-7-15-12-20(22(38-4)13-16(15)8-10-34)33(2)25-30-14-18(27)24(32-25)31-19-11-17(23(28)35)5-6-21(19)37-3/h5-6,11-14H,7-10H2,1-4H3,(H2,28,35)(H,29,36)(H,30,31,32). The Balaban J connectivity index is 1.66. The number of aromatic nitrogens is 2. The molecule has 11 nitrogen and oxygen atoms in total. The topological polar surface area (TPSA) is 135 Å². The first-order chi connectivity index (χ1) is 18.2. The van der Waals surface area contributed by atoms with Crippen LogP contribution in [0.15, 0.2) is 36.5 Å². The van der Waals surface area contributed by atoms with E-state index >= 15 is 0 Å². The lowest BCUT2D eigenvalue weighted by molar-refractivity contribution is 0.1000. The highest BCUT2D eigenvalue weighted by atomic mass is 35.5. The number of carbonyl (C=O) groups is 2. The van der Waals surface area contributed by atoms with Gasteiger partial charge < -0.3 is 35.6 Å². The van der Waals surface area contributed by atoms with E-state index in [-0.39, 0.29) is 11.1 Å². The Morgan fingerprint density at radius 1 is 1.08 bits per heavy atom. The average molecular weight is 540 g/mol. The van der Waals surface area contributed by atoms with Gasteiger partial charge in [0.2, 0.25) is 11.9 Å². The fourth-order valence-electron chi connectivity index (χ4n) is 4.33. The molecule has 2 aromatic carbocycles. The quantitative estimate of drug-likeness (QED) is 0.415. The summed E-state index contributed by atoms with van der Waals surface area (Å²) in [6, 6.07) is 8.74. The summed E-state index contributed by atoms with van der Waals surface area (Å²) in [5.74, 6) is 1.25. The first-order valence-electron chi connectivity index (χ1n) is 11.9. The predicted octanol–water partition coefficient (Wildman–Crippen LogP) is 3.50. The molecule has 1 aliphatic rings. The average Bonchev–Trinajstić information content (AvgIpc) is 3.14. The normalized spacial score (nSPS) is 12.7. The van der Waals surface area contributed by atoms with Crippen LogP contribution in [0, 0.1) is 0 Å². The lowest BCUT2D eigenvalue weighted by atomic mass is 10.0. The molecule has 0 radical (unpaired) electrons. The maximum atomic E-state index is 12.2. The van der Waals surface area contributed by atoms with Gasteiger partial charge in [0.05, 0.1) is 31.8 Å². The molecule has 0 atom stereocenters. The van der Waals surface area contributed by atoms with Gasteiger partial charge in [-0.05, 0) is 54.3 Å². The summed E-state index contributed by atoms with van der Waals surface area (Å²) in [5.41, 5.74) is 9.24. The lowest BCUT2D eigenvalue weighted by Gasteiger charge is -2.23. The number of halogens is 1. The van der Waals surface area contributed by atoms with Crippen LogP contribution in [0.2, 0.25) is 5.02 Å². The van der Waals surface area contributed by atoms with Gasteiger partial charge in [-0.2, -0.15) is 4.98 Å². The molecule has 1 aromatic heterocycles. The number of hydrogen-bond donors (Lipinski definition) is 3. The molecule has 0 spiro atoms. The van der Waals surface area contributed by atoms with Crippen LogP contribution < -0.4 is 30.7 Å². The van der Waals surface area contributed by atoms with E-state index in [1.54, 1.807) is 42.2 Å². The van der Waals surface area contributed by atoms with Crippen LogP contribution in [0.1, 0.15) is 21.5 Å². The van der Waals surface area contributed by atoms with Crippen LogP contribution in [-0.2, 0) is 12.8 Å². The van der Waals surface area contributed by atoms with Crippen molar-refractivity contribution in [3.63, 3.8) is 0 Å². The molecular weight excluding hydrogens is 510 g/mol. The van der Waals surface area contributed by atoms with E-state index < -0.39 is 5.91 Å². The summed E-state index contributed by atoms with van der Waals surface area (Å²) in [6.45, 7) is 1.24. The van der Waals surface area contributed by atoms with Crippen molar-refractivity contribution in [1.82, 2.24) is 20.2 Å². The Morgan fingerprint density at radius 2 is 1.76 bits per heavy atom. The van der Waals surface area contributed by atoms with Crippen molar-refractivity contribution >= 4 is 46.7 Å². The van der Waals surface area contributed by atoms with Crippen molar-refractivity contribution < 1.29 is 19.1 Å². The second kappa shape index (κ2) is 11.4. The zero-order chi connectivity index (χ0) is 27.4. The molecule has 38 heavy (non-hydrogen) atoms. The van der Waals surface area contributed by atoms with Gasteiger partial charge in [-0.3, -0.25) is 4.79 Å². The van der Waals surface area contributed by atoms with Gasteiger partial charge in [-0.25, -0.2) is 9.78 Å². The maximum Gasteiger partial charge on any atom is 0.317 e. The molecule has 0 aliphatic carbocycles. The summed E-state index contributed by atoms with van der Waals surface area (Å²) in [6.07, 6.45) is 2.92. The summed E-state index contributed by atoms with van der Waals surface area (Å²) < 4.78 is 11.1. The van der Waals surface area contributed by atoms with E-state index in [1.807, 2.05) is 19.2 Å². The van der Waals surface area contributed by atoms with Crippen LogP contribution in [0.5, 0.6) is 11.5 Å². The number of methoxy groups -OCH3 is 2. The van der Waals surface area contributed by atoms with Crippen molar-refractivity contribution in [1.29, 1.82) is 0 Å². The molecule has 0 saturated carbocycles. The van der Waals surface area contributed by atoms with Crippen molar-refractivity contribution in [3.05, 3.63) is 58.2 Å². The number of hydrogen-bond acceptors (Lipinski definition) is 8. The highest BCUT2D eigenvalue weighted by molar-refractivity contribution is 6.33. The second-order valence-corrected chi connectivity index (χ2v) is 9.07. The van der Waals surface area contributed by atoms with E-state index in [4.69, 9.17) is 26.8 Å². The van der Waals surface area contributed by atoms with E-state index in [2.05, 4.69) is 20.6 Å². The number of benzene rings is 2. The van der Waals surface area contributed by atoms with Crippen molar-refractivity contribution in [3.8, 4) is 11.5 Å². The number of rotatable bonds is 7. The van der Waals surface area contributed by atoms with Crippen LogP contribution in [0.4, 0.5) is 27.9 Å². The molecule has 0 unspecified atom stereocenters. The molecule has 3 aromatic rings. The number of nitrogens with two attached hydrogens (primary N) is 1. The highest BCUT2D eigenvalue weighted by Crippen LogP contribution is 2.37. The number of fused-ring (bicyclic) bond motifs is 1. The number of ether oxygens (including phenoxy) is 2. The third kappa shape index (κ3) is 5.52. The number of anilines is 4. The molecule has 4 rings (SSSR count). The van der Waals surface area contributed by atoms with Crippen LogP contribution in [0.3, 0.4) is 0 Å². The smallest absolute Gasteiger partial charge is 0.317 e. The molecular formula is C26H30ClN7O4. The SMILES string of the molecule is CNC(=O)N1CCc2cc(OC)c(N(C)c3ncc(Cl)c(Nc4cc(C(N)=O)ccc4OC)n3)cc2CC1. The Morgan fingerprint density at radius 3 is 2.39 bits per heavy atom. The van der Waals surface area contributed by atoms with Gasteiger partial charge in [0.1, 0.15) is 16.5 Å². The molecule has 2 heterocycles. The molecule has 0 fully saturated rings. The highest BCUT2D eigenvalue weighted by Gasteiger charge is 2.22. The van der Waals surface area contributed by atoms with Crippen molar-refractivity contribution in [2.45, 2.75) is 12.8 Å². The van der Waals surface area contributed by atoms with E-state index in [1.165, 1.54) is 13.3 Å². The molecule has 200 valence electrons. The Labute approximate surface area is 225 Å². The lowest BCUT2D eigenvalue weighted by Crippen LogP contribution is -2.39. The van der Waals surface area contributed by atoms with Gasteiger partial charge >= 0.3 is 6.03 Å². The van der Waals surface area contributed by atoms with Gasteiger partial charge in [-0.15, -0.1) is 0 Å². The number of nitrogens with one attached hydrogen (secondary N) is 2. The fraction of sp³-hybridized carbons (Fsp3) is 0.308. The number of urea groups is 1. The summed E-state index contributed by atoms with van der Waals surface area (Å²) in [5, 5.41) is 6.10. The van der Waals surface area contributed by atoms with Gasteiger partial charge in [0, 0.05) is 32.7 Å². The first-order valence-corrected chi connectivity index (χ1v) is 12.3. The minimum absolute atomic E-state index is 0.0882. The van der Waals surface area contributed by atoms with Crippen LogP contribution in [-0.4, -0.2) is 68.2 Å². The first kappa shape index (κ1) is 26.8. The second-order valence-electron chi connectivity index (χ2n) is 8.66. The number of amides is 3. The van der Waals surface area contributed by atoms with Crippen LogP contribution in [0.25, 0.3) is 0 Å². The minimum atomic E-state index is -0.571. The Kier molecular flexibility index (Phi) is 8.06. The van der Waals surface area contributed by atoms with Crippen molar-refractivity contribution in [2.75, 3.05) is 51.6 Å². The van der Waals surface area contributed by atoms with E-state index in [0.717, 1.165) is 23.2 Å². The number of primary amides is 1.